The number of aryl methyl sites for hydroxylation is 1. The molecule has 1 aliphatic rings. The molecule has 0 unspecified atom stereocenters. The number of nitrogens with one attached hydrogen (secondary N) is 1. The summed E-state index contributed by atoms with van der Waals surface area (Å²) in [7, 11) is -3.80. The van der Waals surface area contributed by atoms with Gasteiger partial charge in [-0.05, 0) is 24.6 Å². The summed E-state index contributed by atoms with van der Waals surface area (Å²) in [5, 5.41) is 26.1. The van der Waals surface area contributed by atoms with Crippen LogP contribution in [0.4, 0.5) is 11.6 Å². The molecule has 0 aliphatic heterocycles. The summed E-state index contributed by atoms with van der Waals surface area (Å²) in [6.07, 6.45) is 2.77. The third-order valence-corrected chi connectivity index (χ3v) is 4.51. The molecule has 9 nitrogen and oxygen atoms in total. The van der Waals surface area contributed by atoms with Crippen LogP contribution in [-0.4, -0.2) is 35.0 Å². The summed E-state index contributed by atoms with van der Waals surface area (Å²) in [5.41, 5.74) is 2.48. The maximum absolute atomic E-state index is 11.4. The Kier molecular flexibility index (Phi) is 3.99. The van der Waals surface area contributed by atoms with Crippen molar-refractivity contribution in [1.82, 2.24) is 9.97 Å². The van der Waals surface area contributed by atoms with Gasteiger partial charge >= 0.3 is 0 Å². The van der Waals surface area contributed by atoms with Gasteiger partial charge in [0.2, 0.25) is 21.7 Å². The summed E-state index contributed by atoms with van der Waals surface area (Å²) in [6, 6.07) is 5.98. The van der Waals surface area contributed by atoms with Gasteiger partial charge in [-0.1, -0.05) is 11.2 Å². The van der Waals surface area contributed by atoms with E-state index in [-0.39, 0.29) is 10.8 Å². The van der Waals surface area contributed by atoms with Gasteiger partial charge in [0.1, 0.15) is 5.69 Å². The van der Waals surface area contributed by atoms with Gasteiger partial charge in [-0.2, -0.15) is 0 Å². The Hall–Kier alpha value is -2.85. The van der Waals surface area contributed by atoms with Gasteiger partial charge in [-0.15, -0.1) is 0 Å². The van der Waals surface area contributed by atoms with Crippen molar-refractivity contribution in [3.8, 4) is 0 Å². The molecule has 0 atom stereocenters. The second-order valence-corrected chi connectivity index (χ2v) is 6.79. The summed E-state index contributed by atoms with van der Waals surface area (Å²) < 4.78 is 22.8. The number of sulfonamides is 1. The van der Waals surface area contributed by atoms with Gasteiger partial charge in [0, 0.05) is 23.9 Å². The summed E-state index contributed by atoms with van der Waals surface area (Å²) in [4.78, 5) is 8.49. The van der Waals surface area contributed by atoms with Crippen molar-refractivity contribution in [2.45, 2.75) is 17.7 Å². The molecular weight excluding hydrogens is 332 g/mol. The van der Waals surface area contributed by atoms with Crippen LogP contribution in [0.15, 0.2) is 40.5 Å². The topological polar surface area (TPSA) is 156 Å². The third-order valence-electron chi connectivity index (χ3n) is 3.60. The van der Waals surface area contributed by atoms with E-state index in [9.17, 15) is 8.42 Å². The number of aromatic nitrogens is 2. The molecular formula is C14H15N6O3S+. The average molecular weight is 347 g/mol. The quantitative estimate of drug-likeness (QED) is 0.420. The average Bonchev–Trinajstić information content (AvgIpc) is 2.55. The second-order valence-electron chi connectivity index (χ2n) is 5.23. The maximum atomic E-state index is 11.4. The molecule has 3 rings (SSSR count). The highest BCUT2D eigenvalue weighted by Gasteiger charge is 2.27. The zero-order valence-electron chi connectivity index (χ0n) is 12.5. The number of hydrogen-bond donors (Lipinski definition) is 4. The minimum absolute atomic E-state index is 0.0220. The van der Waals surface area contributed by atoms with Crippen LogP contribution in [0.2, 0.25) is 0 Å². The van der Waals surface area contributed by atoms with Gasteiger partial charge in [-0.25, -0.2) is 23.5 Å². The summed E-state index contributed by atoms with van der Waals surface area (Å²) in [5.74, 6) is 0.238. The number of rotatable bonds is 3. The van der Waals surface area contributed by atoms with Crippen molar-refractivity contribution in [1.29, 1.82) is 0 Å². The van der Waals surface area contributed by atoms with Gasteiger partial charge in [0.05, 0.1) is 4.90 Å². The minimum atomic E-state index is -3.80. The number of anilines is 2. The Morgan fingerprint density at radius 3 is 2.83 bits per heavy atom. The highest BCUT2D eigenvalue weighted by atomic mass is 32.2. The fourth-order valence-corrected chi connectivity index (χ4v) is 2.95. The molecule has 10 heteroatoms. The van der Waals surface area contributed by atoms with Gasteiger partial charge in [0.25, 0.3) is 0 Å². The van der Waals surface area contributed by atoms with Crippen LogP contribution in [0.25, 0.3) is 0 Å². The van der Waals surface area contributed by atoms with Gasteiger partial charge in [0.15, 0.2) is 5.71 Å². The molecule has 0 spiro atoms. The molecule has 0 saturated carbocycles. The molecule has 24 heavy (non-hydrogen) atoms. The lowest BCUT2D eigenvalue weighted by Crippen LogP contribution is -2.48. The molecule has 1 aromatic heterocycles. The summed E-state index contributed by atoms with van der Waals surface area (Å²) >= 11 is 0. The van der Waals surface area contributed by atoms with Crippen molar-refractivity contribution in [3.05, 3.63) is 41.7 Å². The smallest absolute Gasteiger partial charge is 0.248 e. The molecule has 1 heterocycles. The van der Waals surface area contributed by atoms with E-state index in [0.717, 1.165) is 5.56 Å². The molecule has 0 radical (unpaired) electrons. The third kappa shape index (κ3) is 3.09. The first-order valence-electron chi connectivity index (χ1n) is 6.98. The molecule has 0 fully saturated rings. The standard InChI is InChI=1S/C14H14N6O3S/c15-12-11(20-21)5-4-8-7-17-14(19-13(8)12)18-9-2-1-3-10(6-9)24(16,22)23/h1-3,6-7,15,21H,4-5H2,(H2,16,22,23)(H,17,18,19)/p+1/b15-12?,20-11-. The van der Waals surface area contributed by atoms with E-state index in [2.05, 4.69) is 20.4 Å². The van der Waals surface area contributed by atoms with Gasteiger partial charge in [-0.3, -0.25) is 5.41 Å². The number of nitrogens with two attached hydrogens (primary N) is 2. The second kappa shape index (κ2) is 5.98. The first kappa shape index (κ1) is 16.0. The Bertz CT molecular complexity index is 955. The van der Waals surface area contributed by atoms with Crippen LogP contribution in [0.5, 0.6) is 0 Å². The number of fused-ring (bicyclic) bond motifs is 1. The van der Waals surface area contributed by atoms with E-state index < -0.39 is 10.0 Å². The predicted octanol–water partition coefficient (Wildman–Crippen LogP) is -0.808. The molecule has 0 amide bonds. The number of hydrogen-bond acceptors (Lipinski definition) is 7. The monoisotopic (exact) mass is 347 g/mol. The predicted molar refractivity (Wildman–Crippen MR) is 86.7 cm³/mol. The SMILES string of the molecule is NS(=O)(=O)c1cccc(Nc2ncc3c(n2)C(=[NH2+])/C(=N\O)CC3)c1. The molecule has 1 aliphatic carbocycles. The number of benzene rings is 1. The molecule has 1 aromatic carbocycles. The minimum Gasteiger partial charge on any atom is -0.410 e. The first-order chi connectivity index (χ1) is 11.4. The Morgan fingerprint density at radius 1 is 1.33 bits per heavy atom. The van der Waals surface area contributed by atoms with Crippen molar-refractivity contribution in [2.75, 3.05) is 5.32 Å². The van der Waals surface area contributed by atoms with E-state index in [0.29, 0.717) is 35.6 Å². The summed E-state index contributed by atoms with van der Waals surface area (Å²) in [6.45, 7) is 0. The molecule has 6 N–H and O–H groups in total. The van der Waals surface area contributed by atoms with Crippen LogP contribution in [0, 0.1) is 0 Å². The maximum Gasteiger partial charge on any atom is 0.248 e. The first-order valence-corrected chi connectivity index (χ1v) is 8.53. The normalized spacial score (nSPS) is 16.0. The van der Waals surface area contributed by atoms with Crippen LogP contribution >= 0.6 is 0 Å². The van der Waals surface area contributed by atoms with Crippen molar-refractivity contribution < 1.29 is 19.0 Å². The zero-order chi connectivity index (χ0) is 17.3. The number of oxime groups is 1. The number of nitrogens with zero attached hydrogens (tertiary/aromatic N) is 3. The van der Waals surface area contributed by atoms with E-state index >= 15 is 0 Å². The lowest BCUT2D eigenvalue weighted by Gasteiger charge is -2.14. The van der Waals surface area contributed by atoms with Gasteiger partial charge < -0.3 is 10.5 Å². The molecule has 0 bridgehead atoms. The Morgan fingerprint density at radius 2 is 2.12 bits per heavy atom. The van der Waals surface area contributed by atoms with Crippen LogP contribution in [0.3, 0.4) is 0 Å². The fourth-order valence-electron chi connectivity index (χ4n) is 2.39. The molecule has 2 aromatic rings. The van der Waals surface area contributed by atoms with Crippen molar-refractivity contribution in [2.24, 2.45) is 10.3 Å². The van der Waals surface area contributed by atoms with E-state index in [1.165, 1.54) is 12.1 Å². The van der Waals surface area contributed by atoms with E-state index in [1.807, 2.05) is 0 Å². The Balaban J connectivity index is 1.93. The van der Waals surface area contributed by atoms with Crippen LogP contribution in [-0.2, 0) is 16.4 Å². The lowest BCUT2D eigenvalue weighted by molar-refractivity contribution is -0.110. The lowest BCUT2D eigenvalue weighted by atomic mass is 9.94. The largest absolute Gasteiger partial charge is 0.410 e. The number of primary sulfonamides is 1. The fraction of sp³-hybridized carbons (Fsp3) is 0.143. The van der Waals surface area contributed by atoms with E-state index in [4.69, 9.17) is 15.8 Å². The Labute approximate surface area is 137 Å². The molecule has 124 valence electrons. The van der Waals surface area contributed by atoms with Crippen molar-refractivity contribution >= 4 is 33.1 Å². The highest BCUT2D eigenvalue weighted by Crippen LogP contribution is 2.21. The van der Waals surface area contributed by atoms with Crippen LogP contribution < -0.4 is 15.9 Å². The van der Waals surface area contributed by atoms with E-state index in [1.54, 1.807) is 18.3 Å². The molecule has 0 saturated heterocycles. The zero-order valence-corrected chi connectivity index (χ0v) is 13.3. The van der Waals surface area contributed by atoms with Crippen LogP contribution in [0.1, 0.15) is 17.7 Å². The highest BCUT2D eigenvalue weighted by molar-refractivity contribution is 7.89. The van der Waals surface area contributed by atoms with Crippen molar-refractivity contribution in [3.63, 3.8) is 0 Å².